The average molecular weight is 600 g/mol. The number of likely N-dealkylation sites (N-methyl/N-ethyl adjacent to an activating group) is 1. The molecule has 0 saturated heterocycles. The van der Waals surface area contributed by atoms with E-state index in [1.165, 1.54) is 24.1 Å². The van der Waals surface area contributed by atoms with Crippen molar-refractivity contribution in [3.8, 4) is 11.5 Å². The van der Waals surface area contributed by atoms with Crippen LogP contribution in [0.25, 0.3) is 0 Å². The Bertz CT molecular complexity index is 1650. The van der Waals surface area contributed by atoms with E-state index in [0.29, 0.717) is 24.7 Å². The number of anilines is 1. The third-order valence-electron chi connectivity index (χ3n) is 7.14. The van der Waals surface area contributed by atoms with Gasteiger partial charge in [-0.15, -0.1) is 0 Å². The largest absolute Gasteiger partial charge is 0.486 e. The monoisotopic (exact) mass is 599 g/mol. The van der Waals surface area contributed by atoms with E-state index in [-0.39, 0.29) is 29.5 Å². The lowest BCUT2D eigenvalue weighted by atomic mass is 10.0. The summed E-state index contributed by atoms with van der Waals surface area (Å²) in [6.07, 6.45) is 0.245. The molecule has 0 unspecified atom stereocenters. The maximum atomic E-state index is 14.3. The van der Waals surface area contributed by atoms with Crippen molar-refractivity contribution in [1.29, 1.82) is 0 Å². The summed E-state index contributed by atoms with van der Waals surface area (Å²) in [5.41, 5.74) is 1.90. The number of amides is 2. The van der Waals surface area contributed by atoms with Crippen molar-refractivity contribution in [3.05, 3.63) is 120 Å². The van der Waals surface area contributed by atoms with Crippen LogP contribution in [0.15, 0.2) is 114 Å². The standard InChI is InChI=1S/C33H33N3O6S/c1-34-33(38)29(21-25-11-5-2-6-12-25)35(23-26-13-7-3-8-14-26)32(37)24-36(43(39,40)28-15-9-4-10-16-28)27-17-18-30-31(22-27)42-20-19-41-30/h2-18,22,29H,19-21,23-24H2,1H3,(H,34,38)/t29-/m0/s1. The van der Waals surface area contributed by atoms with Gasteiger partial charge in [0.25, 0.3) is 10.0 Å². The Morgan fingerprint density at radius 3 is 2.00 bits per heavy atom. The highest BCUT2D eigenvalue weighted by atomic mass is 32.2. The molecule has 0 spiro atoms. The van der Waals surface area contributed by atoms with Crippen LogP contribution in [0.4, 0.5) is 5.69 Å². The highest BCUT2D eigenvalue weighted by molar-refractivity contribution is 7.92. The summed E-state index contributed by atoms with van der Waals surface area (Å²) in [6, 6.07) is 30.5. The molecule has 1 aliphatic heterocycles. The van der Waals surface area contributed by atoms with Gasteiger partial charge in [-0.05, 0) is 35.4 Å². The third-order valence-corrected chi connectivity index (χ3v) is 8.93. The minimum Gasteiger partial charge on any atom is -0.486 e. The summed E-state index contributed by atoms with van der Waals surface area (Å²) in [4.78, 5) is 29.1. The van der Waals surface area contributed by atoms with Crippen molar-refractivity contribution < 1.29 is 27.5 Å². The second-order valence-corrected chi connectivity index (χ2v) is 11.8. The molecule has 2 amide bonds. The minimum atomic E-state index is -4.20. The Hall–Kier alpha value is -4.83. The highest BCUT2D eigenvalue weighted by Gasteiger charge is 2.34. The second-order valence-electron chi connectivity index (χ2n) is 9.98. The molecule has 222 valence electrons. The van der Waals surface area contributed by atoms with Crippen LogP contribution in [0.1, 0.15) is 11.1 Å². The fourth-order valence-corrected chi connectivity index (χ4v) is 6.36. The van der Waals surface area contributed by atoms with E-state index in [1.807, 2.05) is 60.7 Å². The summed E-state index contributed by atoms with van der Waals surface area (Å²) >= 11 is 0. The lowest BCUT2D eigenvalue weighted by Gasteiger charge is -2.33. The molecule has 9 nitrogen and oxygen atoms in total. The van der Waals surface area contributed by atoms with Crippen molar-refractivity contribution in [2.75, 3.05) is 31.1 Å². The first-order chi connectivity index (χ1) is 20.9. The molecule has 0 bridgehead atoms. The molecule has 1 heterocycles. The van der Waals surface area contributed by atoms with Gasteiger partial charge in [-0.2, -0.15) is 0 Å². The van der Waals surface area contributed by atoms with E-state index in [2.05, 4.69) is 5.32 Å². The van der Waals surface area contributed by atoms with Gasteiger partial charge in [-0.3, -0.25) is 13.9 Å². The van der Waals surface area contributed by atoms with Gasteiger partial charge < -0.3 is 19.7 Å². The molecule has 4 aromatic rings. The number of carbonyl (C=O) groups is 2. The van der Waals surface area contributed by atoms with Crippen molar-refractivity contribution in [1.82, 2.24) is 10.2 Å². The normalized spacial score (nSPS) is 13.0. The molecule has 0 aromatic heterocycles. The van der Waals surface area contributed by atoms with Gasteiger partial charge in [0, 0.05) is 26.1 Å². The summed E-state index contributed by atoms with van der Waals surface area (Å²) in [6.45, 7) is 0.253. The lowest BCUT2D eigenvalue weighted by Crippen LogP contribution is -2.53. The van der Waals surface area contributed by atoms with Gasteiger partial charge in [0.15, 0.2) is 11.5 Å². The molecular weight excluding hydrogens is 566 g/mol. The van der Waals surface area contributed by atoms with Crippen LogP contribution in [0.5, 0.6) is 11.5 Å². The van der Waals surface area contributed by atoms with Crippen LogP contribution in [0.3, 0.4) is 0 Å². The fraction of sp³-hybridized carbons (Fsp3) is 0.212. The number of hydrogen-bond acceptors (Lipinski definition) is 6. The smallest absolute Gasteiger partial charge is 0.264 e. The maximum Gasteiger partial charge on any atom is 0.264 e. The molecule has 10 heteroatoms. The Morgan fingerprint density at radius 2 is 1.37 bits per heavy atom. The number of rotatable bonds is 11. The van der Waals surface area contributed by atoms with Crippen molar-refractivity contribution in [2.45, 2.75) is 23.9 Å². The second kappa shape index (κ2) is 13.4. The number of nitrogens with zero attached hydrogens (tertiary/aromatic N) is 2. The molecule has 5 rings (SSSR count). The number of ether oxygens (including phenoxy) is 2. The summed E-state index contributed by atoms with van der Waals surface area (Å²) < 4.78 is 40.6. The SMILES string of the molecule is CNC(=O)[C@H](Cc1ccccc1)N(Cc1ccccc1)C(=O)CN(c1ccc2c(c1)OCCO2)S(=O)(=O)c1ccccc1. The average Bonchev–Trinajstić information content (AvgIpc) is 3.05. The van der Waals surface area contributed by atoms with E-state index in [1.54, 1.807) is 36.4 Å². The van der Waals surface area contributed by atoms with Crippen LogP contribution in [-0.2, 0) is 32.6 Å². The molecule has 0 radical (unpaired) electrons. The van der Waals surface area contributed by atoms with E-state index in [0.717, 1.165) is 15.4 Å². The van der Waals surface area contributed by atoms with Crippen LogP contribution >= 0.6 is 0 Å². The number of carbonyl (C=O) groups excluding carboxylic acids is 2. The zero-order valence-corrected chi connectivity index (χ0v) is 24.6. The number of sulfonamides is 1. The molecule has 0 aliphatic carbocycles. The predicted octanol–water partition coefficient (Wildman–Crippen LogP) is 4.04. The molecule has 1 aliphatic rings. The Kier molecular flexibility index (Phi) is 9.26. The van der Waals surface area contributed by atoms with E-state index >= 15 is 0 Å². The number of fused-ring (bicyclic) bond motifs is 1. The van der Waals surface area contributed by atoms with Gasteiger partial charge in [0.1, 0.15) is 25.8 Å². The molecule has 1 N–H and O–H groups in total. The van der Waals surface area contributed by atoms with E-state index in [9.17, 15) is 18.0 Å². The molecular formula is C33H33N3O6S. The van der Waals surface area contributed by atoms with Gasteiger partial charge in [-0.1, -0.05) is 78.9 Å². The summed E-state index contributed by atoms with van der Waals surface area (Å²) in [7, 11) is -2.68. The summed E-state index contributed by atoms with van der Waals surface area (Å²) in [5, 5.41) is 2.69. The number of nitrogens with one attached hydrogen (secondary N) is 1. The Morgan fingerprint density at radius 1 is 0.791 bits per heavy atom. The molecule has 4 aromatic carbocycles. The van der Waals surface area contributed by atoms with Crippen LogP contribution < -0.4 is 19.1 Å². The van der Waals surface area contributed by atoms with Crippen molar-refractivity contribution in [2.24, 2.45) is 0 Å². The van der Waals surface area contributed by atoms with E-state index in [4.69, 9.17) is 9.47 Å². The van der Waals surface area contributed by atoms with E-state index < -0.39 is 28.5 Å². The van der Waals surface area contributed by atoms with Gasteiger partial charge in [0.05, 0.1) is 10.6 Å². The van der Waals surface area contributed by atoms with Gasteiger partial charge >= 0.3 is 0 Å². The molecule has 43 heavy (non-hydrogen) atoms. The van der Waals surface area contributed by atoms with Gasteiger partial charge in [-0.25, -0.2) is 8.42 Å². The third kappa shape index (κ3) is 6.98. The predicted molar refractivity (Wildman–Crippen MR) is 163 cm³/mol. The first kappa shape index (κ1) is 29.7. The lowest BCUT2D eigenvalue weighted by molar-refractivity contribution is -0.139. The molecule has 0 fully saturated rings. The Labute approximate surface area is 251 Å². The topological polar surface area (TPSA) is 105 Å². The summed E-state index contributed by atoms with van der Waals surface area (Å²) in [5.74, 6) is -0.0164. The van der Waals surface area contributed by atoms with Crippen molar-refractivity contribution >= 4 is 27.5 Å². The number of hydrogen-bond donors (Lipinski definition) is 1. The molecule has 0 saturated carbocycles. The number of benzene rings is 4. The van der Waals surface area contributed by atoms with Crippen LogP contribution in [0, 0.1) is 0 Å². The van der Waals surface area contributed by atoms with Crippen LogP contribution in [0.2, 0.25) is 0 Å². The Balaban J connectivity index is 1.56. The first-order valence-corrected chi connectivity index (χ1v) is 15.4. The first-order valence-electron chi connectivity index (χ1n) is 13.9. The zero-order chi connectivity index (χ0) is 30.2. The maximum absolute atomic E-state index is 14.3. The minimum absolute atomic E-state index is 0.0273. The fourth-order valence-electron chi connectivity index (χ4n) is 4.94. The highest BCUT2D eigenvalue weighted by Crippen LogP contribution is 2.36. The van der Waals surface area contributed by atoms with Crippen LogP contribution in [-0.4, -0.2) is 58.0 Å². The quantitative estimate of drug-likeness (QED) is 0.279. The van der Waals surface area contributed by atoms with Crippen molar-refractivity contribution in [3.63, 3.8) is 0 Å². The molecule has 1 atom stereocenters. The van der Waals surface area contributed by atoms with Gasteiger partial charge in [0.2, 0.25) is 11.8 Å². The zero-order valence-electron chi connectivity index (χ0n) is 23.8.